The second-order valence-electron chi connectivity index (χ2n) is 4.18. The van der Waals surface area contributed by atoms with E-state index in [1.54, 1.807) is 0 Å². The first-order valence-electron chi connectivity index (χ1n) is 5.63. The molecule has 2 rings (SSSR count). The van der Waals surface area contributed by atoms with Crippen LogP contribution in [-0.2, 0) is 6.54 Å². The summed E-state index contributed by atoms with van der Waals surface area (Å²) in [6.45, 7) is 0.604. The summed E-state index contributed by atoms with van der Waals surface area (Å²) < 4.78 is 2.12. The molecule has 14 heavy (non-hydrogen) atoms. The molecule has 78 valence electrons. The van der Waals surface area contributed by atoms with Crippen molar-refractivity contribution in [3.8, 4) is 0 Å². The lowest BCUT2D eigenvalue weighted by molar-refractivity contribution is 0.405. The molecule has 3 heteroatoms. The highest BCUT2D eigenvalue weighted by Gasteiger charge is 2.14. The van der Waals surface area contributed by atoms with Crippen LogP contribution < -0.4 is 5.73 Å². The monoisotopic (exact) mass is 193 g/mol. The molecule has 1 aliphatic carbocycles. The number of aromatic nitrogens is 2. The van der Waals surface area contributed by atoms with E-state index in [9.17, 15) is 0 Å². The second kappa shape index (κ2) is 4.60. The fraction of sp³-hybridized carbons (Fsp3) is 0.727. The molecular formula is C11H19N3. The van der Waals surface area contributed by atoms with Crippen molar-refractivity contribution in [2.45, 2.75) is 51.1 Å². The van der Waals surface area contributed by atoms with Crippen molar-refractivity contribution in [3.05, 3.63) is 18.0 Å². The minimum Gasteiger partial charge on any atom is -0.326 e. The molecule has 1 aromatic rings. The van der Waals surface area contributed by atoms with E-state index in [1.165, 1.54) is 38.5 Å². The van der Waals surface area contributed by atoms with E-state index in [-0.39, 0.29) is 0 Å². The molecule has 0 spiro atoms. The van der Waals surface area contributed by atoms with Crippen molar-refractivity contribution in [2.24, 2.45) is 5.73 Å². The maximum absolute atomic E-state index is 5.57. The summed E-state index contributed by atoms with van der Waals surface area (Å²) in [7, 11) is 0. The Kier molecular flexibility index (Phi) is 3.19. The number of nitrogens with zero attached hydrogens (tertiary/aromatic N) is 2. The molecule has 0 aliphatic heterocycles. The maximum Gasteiger partial charge on any atom is 0.0534 e. The Balaban J connectivity index is 2.04. The summed E-state index contributed by atoms with van der Waals surface area (Å²) >= 11 is 0. The highest BCUT2D eigenvalue weighted by Crippen LogP contribution is 2.26. The van der Waals surface area contributed by atoms with Crippen molar-refractivity contribution in [1.82, 2.24) is 9.78 Å². The predicted molar refractivity (Wildman–Crippen MR) is 56.9 cm³/mol. The van der Waals surface area contributed by atoms with Crippen LogP contribution in [0.4, 0.5) is 0 Å². The summed E-state index contributed by atoms with van der Waals surface area (Å²) in [4.78, 5) is 0. The van der Waals surface area contributed by atoms with Gasteiger partial charge >= 0.3 is 0 Å². The molecule has 0 amide bonds. The Labute approximate surface area is 85.3 Å². The minimum atomic E-state index is 0.604. The Morgan fingerprint density at radius 3 is 2.57 bits per heavy atom. The molecule has 1 heterocycles. The Morgan fingerprint density at radius 2 is 2.00 bits per heavy atom. The van der Waals surface area contributed by atoms with Crippen LogP contribution in [0.25, 0.3) is 0 Å². The van der Waals surface area contributed by atoms with Crippen molar-refractivity contribution in [2.75, 3.05) is 0 Å². The number of nitrogens with two attached hydrogens (primary N) is 1. The third-order valence-corrected chi connectivity index (χ3v) is 3.09. The van der Waals surface area contributed by atoms with Crippen molar-refractivity contribution < 1.29 is 0 Å². The summed E-state index contributed by atoms with van der Waals surface area (Å²) in [5.74, 6) is 0. The van der Waals surface area contributed by atoms with Gasteiger partial charge in [0.05, 0.1) is 12.2 Å². The molecular weight excluding hydrogens is 174 g/mol. The zero-order valence-corrected chi connectivity index (χ0v) is 8.65. The average Bonchev–Trinajstić information content (AvgIpc) is 2.53. The zero-order valence-electron chi connectivity index (χ0n) is 8.65. The van der Waals surface area contributed by atoms with Crippen LogP contribution >= 0.6 is 0 Å². The predicted octanol–water partition coefficient (Wildman–Crippen LogP) is 2.24. The average molecular weight is 193 g/mol. The summed E-state index contributed by atoms with van der Waals surface area (Å²) in [6, 6.07) is 0.623. The van der Waals surface area contributed by atoms with E-state index in [0.29, 0.717) is 12.6 Å². The number of hydrogen-bond donors (Lipinski definition) is 1. The third kappa shape index (κ3) is 2.15. The molecule has 3 nitrogen and oxygen atoms in total. The van der Waals surface area contributed by atoms with Crippen LogP contribution in [-0.4, -0.2) is 9.78 Å². The largest absolute Gasteiger partial charge is 0.326 e. The highest BCUT2D eigenvalue weighted by molar-refractivity contribution is 5.03. The van der Waals surface area contributed by atoms with E-state index in [2.05, 4.69) is 16.0 Å². The third-order valence-electron chi connectivity index (χ3n) is 3.09. The van der Waals surface area contributed by atoms with Gasteiger partial charge in [0.1, 0.15) is 0 Å². The van der Waals surface area contributed by atoms with Crippen molar-refractivity contribution in [3.63, 3.8) is 0 Å². The minimum absolute atomic E-state index is 0.604. The van der Waals surface area contributed by atoms with Crippen LogP contribution in [0.15, 0.2) is 12.4 Å². The molecule has 1 saturated carbocycles. The SMILES string of the molecule is NCc1cnn(C2CCCCCC2)c1. The lowest BCUT2D eigenvalue weighted by Crippen LogP contribution is -2.08. The van der Waals surface area contributed by atoms with Gasteiger partial charge < -0.3 is 5.73 Å². The van der Waals surface area contributed by atoms with Gasteiger partial charge in [-0.1, -0.05) is 25.7 Å². The first-order valence-corrected chi connectivity index (χ1v) is 5.63. The second-order valence-corrected chi connectivity index (χ2v) is 4.18. The molecule has 0 atom stereocenters. The Morgan fingerprint density at radius 1 is 1.29 bits per heavy atom. The molecule has 0 radical (unpaired) electrons. The molecule has 1 aliphatic rings. The Bertz CT molecular complexity index is 272. The van der Waals surface area contributed by atoms with Gasteiger partial charge in [-0.25, -0.2) is 0 Å². The van der Waals surface area contributed by atoms with Crippen LogP contribution in [0.1, 0.15) is 50.1 Å². The first kappa shape index (κ1) is 9.71. The van der Waals surface area contributed by atoms with Crippen molar-refractivity contribution >= 4 is 0 Å². The van der Waals surface area contributed by atoms with E-state index in [4.69, 9.17) is 5.73 Å². The maximum atomic E-state index is 5.57. The molecule has 0 saturated heterocycles. The van der Waals surface area contributed by atoms with Gasteiger partial charge in [-0.05, 0) is 12.8 Å². The van der Waals surface area contributed by atoms with Crippen LogP contribution in [0.3, 0.4) is 0 Å². The number of hydrogen-bond acceptors (Lipinski definition) is 2. The smallest absolute Gasteiger partial charge is 0.0534 e. The molecule has 0 bridgehead atoms. The summed E-state index contributed by atoms with van der Waals surface area (Å²) in [5.41, 5.74) is 6.72. The van der Waals surface area contributed by atoms with E-state index < -0.39 is 0 Å². The Hall–Kier alpha value is -0.830. The van der Waals surface area contributed by atoms with Gasteiger partial charge in [0.25, 0.3) is 0 Å². The van der Waals surface area contributed by atoms with E-state index in [1.807, 2.05) is 6.20 Å². The number of rotatable bonds is 2. The van der Waals surface area contributed by atoms with Gasteiger partial charge in [-0.3, -0.25) is 4.68 Å². The molecule has 1 aromatic heterocycles. The summed E-state index contributed by atoms with van der Waals surface area (Å²) in [5, 5.41) is 4.39. The van der Waals surface area contributed by atoms with Gasteiger partial charge in [0, 0.05) is 18.3 Å². The van der Waals surface area contributed by atoms with Crippen LogP contribution in [0, 0.1) is 0 Å². The first-order chi connectivity index (χ1) is 6.90. The molecule has 0 aromatic carbocycles. The van der Waals surface area contributed by atoms with E-state index in [0.717, 1.165) is 5.56 Å². The van der Waals surface area contributed by atoms with Gasteiger partial charge in [0.2, 0.25) is 0 Å². The van der Waals surface area contributed by atoms with Gasteiger partial charge in [-0.15, -0.1) is 0 Å². The highest BCUT2D eigenvalue weighted by atomic mass is 15.3. The molecule has 2 N–H and O–H groups in total. The lowest BCUT2D eigenvalue weighted by Gasteiger charge is -2.14. The normalized spacial score (nSPS) is 19.5. The van der Waals surface area contributed by atoms with Crippen molar-refractivity contribution in [1.29, 1.82) is 0 Å². The standard InChI is InChI=1S/C11H19N3/c12-7-10-8-13-14(9-10)11-5-3-1-2-4-6-11/h8-9,11H,1-7,12H2. The topological polar surface area (TPSA) is 43.8 Å². The van der Waals surface area contributed by atoms with Crippen LogP contribution in [0.5, 0.6) is 0 Å². The quantitative estimate of drug-likeness (QED) is 0.732. The molecule has 0 unspecified atom stereocenters. The lowest BCUT2D eigenvalue weighted by atomic mass is 10.1. The fourth-order valence-corrected chi connectivity index (χ4v) is 2.20. The summed E-state index contributed by atoms with van der Waals surface area (Å²) in [6.07, 6.45) is 12.0. The fourth-order valence-electron chi connectivity index (χ4n) is 2.20. The zero-order chi connectivity index (χ0) is 9.80. The van der Waals surface area contributed by atoms with Gasteiger partial charge in [-0.2, -0.15) is 5.10 Å². The molecule has 1 fully saturated rings. The van der Waals surface area contributed by atoms with Gasteiger partial charge in [0.15, 0.2) is 0 Å². The van der Waals surface area contributed by atoms with Crippen LogP contribution in [0.2, 0.25) is 0 Å². The van der Waals surface area contributed by atoms with E-state index >= 15 is 0 Å².